The molecular formula is C26H22Cl2N2O6S2. The van der Waals surface area contributed by atoms with Gasteiger partial charge in [0.1, 0.15) is 16.3 Å². The van der Waals surface area contributed by atoms with Crippen LogP contribution in [0.3, 0.4) is 0 Å². The van der Waals surface area contributed by atoms with E-state index in [0.717, 1.165) is 28.4 Å². The number of β-lactam (4-membered cyclic amide) rings is 1. The van der Waals surface area contributed by atoms with Crippen LogP contribution in [-0.2, 0) is 23.9 Å². The number of amides is 2. The maximum absolute atomic E-state index is 13.7. The predicted octanol–water partition coefficient (Wildman–Crippen LogP) is 4.68. The number of carboxylic acid groups (broad SMARTS) is 1. The first-order chi connectivity index (χ1) is 18.1. The monoisotopic (exact) mass is 592 g/mol. The molecule has 2 aromatic rings. The summed E-state index contributed by atoms with van der Waals surface area (Å²) >= 11 is 14.8. The van der Waals surface area contributed by atoms with Gasteiger partial charge in [-0.3, -0.25) is 19.3 Å². The molecule has 12 heteroatoms. The van der Waals surface area contributed by atoms with Gasteiger partial charge in [0.25, 0.3) is 11.6 Å². The van der Waals surface area contributed by atoms with E-state index in [4.69, 9.17) is 27.9 Å². The Morgan fingerprint density at radius 3 is 2.63 bits per heavy atom. The van der Waals surface area contributed by atoms with Crippen LogP contribution in [0.25, 0.3) is 0 Å². The number of allylic oxidation sites excluding steroid dienone is 1. The third-order valence-electron chi connectivity index (χ3n) is 6.01. The number of halogens is 2. The van der Waals surface area contributed by atoms with E-state index in [9.17, 15) is 24.3 Å². The third kappa shape index (κ3) is 5.11. The van der Waals surface area contributed by atoms with Crippen LogP contribution in [0, 0.1) is 0 Å². The largest absolute Gasteiger partial charge is 0.477 e. The average Bonchev–Trinajstić information content (AvgIpc) is 2.91. The number of Topliss-reactive ketones (excluding diaryl/α,β-unsaturated/α-hetero) is 1. The summed E-state index contributed by atoms with van der Waals surface area (Å²) < 4.78 is 5.56. The Morgan fingerprint density at radius 1 is 1.29 bits per heavy atom. The lowest BCUT2D eigenvalue weighted by Gasteiger charge is -2.55. The maximum Gasteiger partial charge on any atom is 0.353 e. The van der Waals surface area contributed by atoms with E-state index < -0.39 is 45.6 Å². The number of ketones is 1. The third-order valence-corrected chi connectivity index (χ3v) is 9.31. The van der Waals surface area contributed by atoms with Gasteiger partial charge in [0.05, 0.1) is 5.02 Å². The van der Waals surface area contributed by atoms with Gasteiger partial charge in [0.15, 0.2) is 5.78 Å². The lowest BCUT2D eigenvalue weighted by Crippen LogP contribution is -2.81. The molecule has 0 saturated carbocycles. The van der Waals surface area contributed by atoms with Gasteiger partial charge in [-0.2, -0.15) is 0 Å². The molecule has 3 atom stereocenters. The van der Waals surface area contributed by atoms with Gasteiger partial charge in [-0.1, -0.05) is 59.6 Å². The first-order valence-electron chi connectivity index (χ1n) is 11.2. The number of thioether (sulfide) groups is 2. The number of carbonyl (C=O) groups excluding carboxylic acids is 3. The first-order valence-corrected chi connectivity index (χ1v) is 13.9. The molecule has 1 saturated heterocycles. The van der Waals surface area contributed by atoms with Crippen LogP contribution in [-0.4, -0.2) is 57.5 Å². The Bertz CT molecular complexity index is 1350. The summed E-state index contributed by atoms with van der Waals surface area (Å²) in [6.07, 6.45) is 1.31. The van der Waals surface area contributed by atoms with Crippen LogP contribution in [0.1, 0.15) is 17.2 Å². The van der Waals surface area contributed by atoms with Crippen LogP contribution >= 0.6 is 46.7 Å². The van der Waals surface area contributed by atoms with Crippen molar-refractivity contribution in [2.24, 2.45) is 0 Å². The van der Waals surface area contributed by atoms with Crippen molar-refractivity contribution < 1.29 is 29.0 Å². The second kappa shape index (κ2) is 11.5. The minimum atomic E-state index is -1.83. The van der Waals surface area contributed by atoms with E-state index in [1.165, 1.54) is 13.2 Å². The Labute approximate surface area is 237 Å². The number of benzene rings is 2. The highest BCUT2D eigenvalue weighted by Gasteiger charge is 2.67. The van der Waals surface area contributed by atoms with Gasteiger partial charge in [0.2, 0.25) is 5.91 Å². The van der Waals surface area contributed by atoms with Crippen molar-refractivity contribution in [2.75, 3.05) is 12.9 Å². The normalized spacial score (nSPS) is 21.3. The van der Waals surface area contributed by atoms with Gasteiger partial charge in [-0.15, -0.1) is 30.1 Å². The molecule has 2 unspecified atom stereocenters. The fourth-order valence-electron chi connectivity index (χ4n) is 4.19. The molecule has 2 aromatic carbocycles. The number of carboxylic acids is 1. The van der Waals surface area contributed by atoms with Gasteiger partial charge < -0.3 is 15.2 Å². The lowest BCUT2D eigenvalue weighted by atomic mass is 9.96. The number of hydrogen-bond acceptors (Lipinski definition) is 7. The number of nitrogens with zero attached hydrogens (tertiary/aromatic N) is 1. The second-order valence-electron chi connectivity index (χ2n) is 8.30. The molecule has 198 valence electrons. The summed E-state index contributed by atoms with van der Waals surface area (Å²) in [5.74, 6) is -3.17. The minimum absolute atomic E-state index is 0.0105. The lowest BCUT2D eigenvalue weighted by molar-refractivity contribution is -0.192. The van der Waals surface area contributed by atoms with Crippen molar-refractivity contribution >= 4 is 70.3 Å². The summed E-state index contributed by atoms with van der Waals surface area (Å²) in [4.78, 5) is 53.3. The highest BCUT2D eigenvalue weighted by atomic mass is 35.5. The molecule has 2 amide bonds. The number of aliphatic carboxylic acids is 1. The zero-order valence-electron chi connectivity index (χ0n) is 20.0. The van der Waals surface area contributed by atoms with E-state index in [1.807, 2.05) is 6.07 Å². The molecule has 4 rings (SSSR count). The molecule has 2 aliphatic rings. The topological polar surface area (TPSA) is 113 Å². The fourth-order valence-corrected chi connectivity index (χ4v) is 7.23. The van der Waals surface area contributed by atoms with Crippen molar-refractivity contribution in [1.82, 2.24) is 10.2 Å². The fraction of sp³-hybridized carbons (Fsp3) is 0.231. The maximum atomic E-state index is 13.7. The van der Waals surface area contributed by atoms with Crippen molar-refractivity contribution in [3.8, 4) is 0 Å². The molecule has 8 nitrogen and oxygen atoms in total. The SMILES string of the molecule is C=CCC(=O)C1=C(C(=O)O)N2C(=O)C(NC(=O)C(Sc3cc(Cl)ccc3Cl)c3ccccc3)(OC)[C@H]2SC1. The van der Waals surface area contributed by atoms with Gasteiger partial charge >= 0.3 is 5.97 Å². The Kier molecular flexibility index (Phi) is 8.59. The number of carbonyl (C=O) groups is 4. The number of fused-ring (bicyclic) bond motifs is 1. The Balaban J connectivity index is 1.66. The summed E-state index contributed by atoms with van der Waals surface area (Å²) in [7, 11) is 1.26. The number of rotatable bonds is 10. The molecule has 0 aromatic heterocycles. The summed E-state index contributed by atoms with van der Waals surface area (Å²) in [5.41, 5.74) is -1.59. The highest BCUT2D eigenvalue weighted by molar-refractivity contribution is 8.00. The molecule has 0 spiro atoms. The zero-order valence-corrected chi connectivity index (χ0v) is 23.1. The number of methoxy groups -OCH3 is 1. The van der Waals surface area contributed by atoms with Crippen LogP contribution in [0.5, 0.6) is 0 Å². The number of nitrogens with one attached hydrogen (secondary N) is 1. The van der Waals surface area contributed by atoms with Crippen molar-refractivity contribution in [2.45, 2.75) is 27.7 Å². The van der Waals surface area contributed by atoms with Gasteiger partial charge in [-0.25, -0.2) is 4.79 Å². The van der Waals surface area contributed by atoms with E-state index in [0.29, 0.717) is 20.5 Å². The second-order valence-corrected chi connectivity index (χ2v) is 11.4. The molecule has 0 aliphatic carbocycles. The first kappa shape index (κ1) is 28.3. The average molecular weight is 594 g/mol. The quantitative estimate of drug-likeness (QED) is 0.177. The van der Waals surface area contributed by atoms with Crippen LogP contribution in [0.4, 0.5) is 0 Å². The van der Waals surface area contributed by atoms with Crippen LogP contribution in [0.2, 0.25) is 10.0 Å². The molecule has 2 heterocycles. The number of hydrogen-bond donors (Lipinski definition) is 2. The van der Waals surface area contributed by atoms with Crippen LogP contribution < -0.4 is 5.32 Å². The van der Waals surface area contributed by atoms with E-state index in [1.54, 1.807) is 42.5 Å². The Hall–Kier alpha value is -2.76. The van der Waals surface area contributed by atoms with E-state index >= 15 is 0 Å². The summed E-state index contributed by atoms with van der Waals surface area (Å²) in [5, 5.41) is 11.7. The molecule has 2 aliphatic heterocycles. The molecule has 1 fully saturated rings. The molecular weight excluding hydrogens is 571 g/mol. The molecule has 0 bridgehead atoms. The van der Waals surface area contributed by atoms with Crippen LogP contribution in [0.15, 0.2) is 77.4 Å². The predicted molar refractivity (Wildman–Crippen MR) is 147 cm³/mol. The van der Waals surface area contributed by atoms with Crippen molar-refractivity contribution in [3.05, 3.63) is 88.1 Å². The van der Waals surface area contributed by atoms with Crippen molar-refractivity contribution in [1.29, 1.82) is 0 Å². The smallest absolute Gasteiger partial charge is 0.353 e. The summed E-state index contributed by atoms with van der Waals surface area (Å²) in [6, 6.07) is 13.8. The zero-order chi connectivity index (χ0) is 27.6. The van der Waals surface area contributed by atoms with Gasteiger partial charge in [0, 0.05) is 34.8 Å². The number of ether oxygens (including phenoxy) is 1. The van der Waals surface area contributed by atoms with E-state index in [2.05, 4.69) is 11.9 Å². The standard InChI is InChI=1S/C26H22Cl2N2O6S2/c1-3-7-18(31)16-13-37-25-26(36-2,24(35)30(25)20(16)23(33)34)29-22(32)21(14-8-5-4-6-9-14)38-19-12-15(27)10-11-17(19)28/h3-6,8-12,21,25H,1,7,13H2,2H3,(H,29,32)(H,33,34)/t21?,25-,26?/m1/s1. The van der Waals surface area contributed by atoms with Gasteiger partial charge in [-0.05, 0) is 23.8 Å². The highest BCUT2D eigenvalue weighted by Crippen LogP contribution is 2.48. The molecule has 38 heavy (non-hydrogen) atoms. The van der Waals surface area contributed by atoms with Crippen molar-refractivity contribution in [3.63, 3.8) is 0 Å². The molecule has 0 radical (unpaired) electrons. The Morgan fingerprint density at radius 2 is 2.00 bits per heavy atom. The molecule has 2 N–H and O–H groups in total. The minimum Gasteiger partial charge on any atom is -0.477 e. The summed E-state index contributed by atoms with van der Waals surface area (Å²) in [6.45, 7) is 3.52. The van der Waals surface area contributed by atoms with E-state index in [-0.39, 0.29) is 17.7 Å².